The predicted octanol–water partition coefficient (Wildman–Crippen LogP) is 2.26. The minimum atomic E-state index is -0.722. The first-order valence-corrected chi connectivity index (χ1v) is 10.7. The number of urea groups is 1. The minimum Gasteiger partial charge on any atom is -0.394 e. The van der Waals surface area contributed by atoms with Gasteiger partial charge >= 0.3 is 6.03 Å². The SMILES string of the molecule is O=C(CC[C@H]1NC(=O)N(CCc2c[nH]c3ccccc23)C1=O)N[C@H](CO)c1ccccc1. The Labute approximate surface area is 185 Å². The molecule has 166 valence electrons. The van der Waals surface area contributed by atoms with Gasteiger partial charge in [-0.1, -0.05) is 48.5 Å². The molecule has 2 aromatic carbocycles. The molecular weight excluding hydrogens is 408 g/mol. The number of aliphatic hydroxyl groups is 1. The standard InChI is InChI=1S/C24H26N4O4/c29-15-21(16-6-2-1-3-7-16)26-22(30)11-10-20-23(31)28(24(32)27-20)13-12-17-14-25-19-9-5-4-8-18(17)19/h1-9,14,20-21,25,29H,10-13,15H2,(H,26,30)(H,27,32)/t20-,21-/m1/s1. The summed E-state index contributed by atoms with van der Waals surface area (Å²) in [6.45, 7) is 0.0479. The Morgan fingerprint density at radius 2 is 1.84 bits per heavy atom. The fourth-order valence-corrected chi connectivity index (χ4v) is 4.02. The van der Waals surface area contributed by atoms with Gasteiger partial charge in [-0.25, -0.2) is 4.79 Å². The fourth-order valence-electron chi connectivity index (χ4n) is 4.02. The van der Waals surface area contributed by atoms with Crippen LogP contribution in [0.25, 0.3) is 10.9 Å². The number of aromatic nitrogens is 1. The van der Waals surface area contributed by atoms with Gasteiger partial charge in [-0.3, -0.25) is 14.5 Å². The molecule has 4 N–H and O–H groups in total. The zero-order valence-electron chi connectivity index (χ0n) is 17.6. The summed E-state index contributed by atoms with van der Waals surface area (Å²) in [5.41, 5.74) is 2.86. The van der Waals surface area contributed by atoms with E-state index in [1.165, 1.54) is 4.90 Å². The Hall–Kier alpha value is -3.65. The second kappa shape index (κ2) is 9.65. The van der Waals surface area contributed by atoms with E-state index in [0.29, 0.717) is 6.42 Å². The molecule has 1 saturated heterocycles. The van der Waals surface area contributed by atoms with Crippen LogP contribution in [0.15, 0.2) is 60.8 Å². The molecule has 1 aliphatic rings. The number of carbonyl (C=O) groups is 3. The number of H-pyrrole nitrogens is 1. The lowest BCUT2D eigenvalue weighted by molar-refractivity contribution is -0.127. The van der Waals surface area contributed by atoms with E-state index < -0.39 is 18.1 Å². The summed E-state index contributed by atoms with van der Waals surface area (Å²) in [4.78, 5) is 41.8. The van der Waals surface area contributed by atoms with E-state index in [9.17, 15) is 19.5 Å². The molecule has 8 heteroatoms. The number of hydrogen-bond donors (Lipinski definition) is 4. The van der Waals surface area contributed by atoms with E-state index in [1.807, 2.05) is 60.8 Å². The van der Waals surface area contributed by atoms with Crippen molar-refractivity contribution in [1.82, 2.24) is 20.5 Å². The highest BCUT2D eigenvalue weighted by molar-refractivity contribution is 6.04. The summed E-state index contributed by atoms with van der Waals surface area (Å²) < 4.78 is 0. The number of aromatic amines is 1. The van der Waals surface area contributed by atoms with Crippen LogP contribution >= 0.6 is 0 Å². The molecular formula is C24H26N4O4. The first kappa shape index (κ1) is 21.6. The monoisotopic (exact) mass is 434 g/mol. The molecule has 0 bridgehead atoms. The molecule has 0 unspecified atom stereocenters. The molecule has 4 amide bonds. The van der Waals surface area contributed by atoms with Crippen molar-refractivity contribution in [3.63, 3.8) is 0 Å². The van der Waals surface area contributed by atoms with Gasteiger partial charge in [-0.15, -0.1) is 0 Å². The molecule has 2 heterocycles. The maximum Gasteiger partial charge on any atom is 0.324 e. The number of benzene rings is 2. The summed E-state index contributed by atoms with van der Waals surface area (Å²) in [6, 6.07) is 15.4. The Morgan fingerprint density at radius 1 is 1.09 bits per heavy atom. The smallest absolute Gasteiger partial charge is 0.324 e. The van der Waals surface area contributed by atoms with Crippen molar-refractivity contribution >= 4 is 28.7 Å². The van der Waals surface area contributed by atoms with Crippen LogP contribution in [0.4, 0.5) is 4.79 Å². The number of para-hydroxylation sites is 1. The number of carbonyl (C=O) groups excluding carboxylic acids is 3. The van der Waals surface area contributed by atoms with Gasteiger partial charge in [-0.2, -0.15) is 0 Å². The van der Waals surface area contributed by atoms with Gasteiger partial charge in [0, 0.05) is 30.1 Å². The number of nitrogens with zero attached hydrogens (tertiary/aromatic N) is 1. The van der Waals surface area contributed by atoms with Crippen LogP contribution in [0, 0.1) is 0 Å². The molecule has 2 atom stereocenters. The lowest BCUT2D eigenvalue weighted by atomic mass is 10.1. The molecule has 8 nitrogen and oxygen atoms in total. The van der Waals surface area contributed by atoms with Gasteiger partial charge < -0.3 is 20.7 Å². The van der Waals surface area contributed by atoms with Crippen LogP contribution in [0.5, 0.6) is 0 Å². The van der Waals surface area contributed by atoms with E-state index >= 15 is 0 Å². The predicted molar refractivity (Wildman–Crippen MR) is 120 cm³/mol. The summed E-state index contributed by atoms with van der Waals surface area (Å²) in [5.74, 6) is -0.600. The van der Waals surface area contributed by atoms with Crippen molar-refractivity contribution in [2.75, 3.05) is 13.2 Å². The van der Waals surface area contributed by atoms with Crippen LogP contribution in [-0.2, 0) is 16.0 Å². The van der Waals surface area contributed by atoms with Gasteiger partial charge in [-0.05, 0) is 30.0 Å². The molecule has 0 spiro atoms. The Balaban J connectivity index is 1.29. The zero-order valence-corrected chi connectivity index (χ0v) is 17.6. The van der Waals surface area contributed by atoms with E-state index in [0.717, 1.165) is 22.0 Å². The molecule has 1 fully saturated rings. The number of fused-ring (bicyclic) bond motifs is 1. The number of amides is 4. The van der Waals surface area contributed by atoms with Gasteiger partial charge in [0.05, 0.1) is 12.6 Å². The number of rotatable bonds is 9. The largest absolute Gasteiger partial charge is 0.394 e. The Kier molecular flexibility index (Phi) is 6.51. The van der Waals surface area contributed by atoms with Crippen LogP contribution in [0.3, 0.4) is 0 Å². The van der Waals surface area contributed by atoms with Crippen molar-refractivity contribution in [2.45, 2.75) is 31.3 Å². The van der Waals surface area contributed by atoms with Crippen LogP contribution in [0.2, 0.25) is 0 Å². The van der Waals surface area contributed by atoms with Crippen LogP contribution in [0.1, 0.15) is 30.0 Å². The minimum absolute atomic E-state index is 0.0658. The number of hydrogen-bond acceptors (Lipinski definition) is 4. The molecule has 0 aliphatic carbocycles. The lowest BCUT2D eigenvalue weighted by Gasteiger charge is -2.17. The summed E-state index contributed by atoms with van der Waals surface area (Å²) in [5, 5.41) is 16.1. The molecule has 1 aromatic heterocycles. The average Bonchev–Trinajstić information content (AvgIpc) is 3.35. The summed E-state index contributed by atoms with van der Waals surface area (Å²) >= 11 is 0. The number of imide groups is 1. The first-order chi connectivity index (χ1) is 15.6. The second-order valence-electron chi connectivity index (χ2n) is 7.85. The maximum atomic E-state index is 12.7. The van der Waals surface area contributed by atoms with Crippen molar-refractivity contribution < 1.29 is 19.5 Å². The Bertz CT molecular complexity index is 1110. The third-order valence-corrected chi connectivity index (χ3v) is 5.77. The highest BCUT2D eigenvalue weighted by Crippen LogP contribution is 2.20. The highest BCUT2D eigenvalue weighted by atomic mass is 16.3. The van der Waals surface area contributed by atoms with Crippen molar-refractivity contribution in [2.24, 2.45) is 0 Å². The summed E-state index contributed by atoms with van der Waals surface area (Å²) in [6.07, 6.45) is 2.71. The molecule has 0 radical (unpaired) electrons. The van der Waals surface area contributed by atoms with Gasteiger partial charge in [0.25, 0.3) is 5.91 Å². The molecule has 1 aliphatic heterocycles. The van der Waals surface area contributed by atoms with Gasteiger partial charge in [0.2, 0.25) is 5.91 Å². The van der Waals surface area contributed by atoms with Crippen LogP contribution < -0.4 is 10.6 Å². The quantitative estimate of drug-likeness (QED) is 0.387. The van der Waals surface area contributed by atoms with Crippen molar-refractivity contribution in [3.05, 3.63) is 71.9 Å². The van der Waals surface area contributed by atoms with E-state index in [1.54, 1.807) is 0 Å². The topological polar surface area (TPSA) is 115 Å². The first-order valence-electron chi connectivity index (χ1n) is 10.7. The van der Waals surface area contributed by atoms with Crippen molar-refractivity contribution in [3.8, 4) is 0 Å². The van der Waals surface area contributed by atoms with Crippen LogP contribution in [-0.4, -0.2) is 52.0 Å². The molecule has 32 heavy (non-hydrogen) atoms. The normalized spacial score (nSPS) is 16.9. The maximum absolute atomic E-state index is 12.7. The summed E-state index contributed by atoms with van der Waals surface area (Å²) in [7, 11) is 0. The van der Waals surface area contributed by atoms with E-state index in [-0.39, 0.29) is 37.8 Å². The van der Waals surface area contributed by atoms with Gasteiger partial charge in [0.15, 0.2) is 0 Å². The Morgan fingerprint density at radius 3 is 2.62 bits per heavy atom. The third-order valence-electron chi connectivity index (χ3n) is 5.77. The van der Waals surface area contributed by atoms with E-state index in [2.05, 4.69) is 15.6 Å². The molecule has 0 saturated carbocycles. The molecule has 3 aromatic rings. The highest BCUT2D eigenvalue weighted by Gasteiger charge is 2.37. The fraction of sp³-hybridized carbons (Fsp3) is 0.292. The van der Waals surface area contributed by atoms with E-state index in [4.69, 9.17) is 0 Å². The van der Waals surface area contributed by atoms with Gasteiger partial charge in [0.1, 0.15) is 6.04 Å². The second-order valence-corrected chi connectivity index (χ2v) is 7.85. The average molecular weight is 434 g/mol. The number of aliphatic hydroxyl groups excluding tert-OH is 1. The lowest BCUT2D eigenvalue weighted by Crippen LogP contribution is -2.35. The molecule has 4 rings (SSSR count). The third kappa shape index (κ3) is 4.65. The zero-order chi connectivity index (χ0) is 22.5. The number of nitrogens with one attached hydrogen (secondary N) is 3. The van der Waals surface area contributed by atoms with Crippen molar-refractivity contribution in [1.29, 1.82) is 0 Å².